The summed E-state index contributed by atoms with van der Waals surface area (Å²) >= 11 is 1.89. The zero-order chi connectivity index (χ0) is 16.7. The summed E-state index contributed by atoms with van der Waals surface area (Å²) in [7, 11) is 0. The van der Waals surface area contributed by atoms with Crippen LogP contribution in [0.1, 0.15) is 28.5 Å². The highest BCUT2D eigenvalue weighted by molar-refractivity contribution is 8.00. The number of aromatic nitrogens is 1. The van der Waals surface area contributed by atoms with Gasteiger partial charge in [0.1, 0.15) is 5.69 Å². The Hall–Kier alpha value is -2.20. The smallest absolute Gasteiger partial charge is 0.268 e. The van der Waals surface area contributed by atoms with Crippen LogP contribution in [-0.4, -0.2) is 15.7 Å². The van der Waals surface area contributed by atoms with Crippen LogP contribution in [-0.2, 0) is 13.1 Å². The minimum absolute atomic E-state index is 0.000460. The van der Waals surface area contributed by atoms with E-state index in [1.54, 1.807) is 0 Å². The van der Waals surface area contributed by atoms with Gasteiger partial charge in [-0.3, -0.25) is 4.79 Å². The predicted octanol–water partition coefficient (Wildman–Crippen LogP) is 4.37. The Morgan fingerprint density at radius 1 is 1.25 bits per heavy atom. The first-order valence-electron chi connectivity index (χ1n) is 8.25. The van der Waals surface area contributed by atoms with Crippen LogP contribution in [0.25, 0.3) is 10.9 Å². The van der Waals surface area contributed by atoms with Crippen molar-refractivity contribution < 1.29 is 4.79 Å². The third kappa shape index (κ3) is 2.61. The number of rotatable bonds is 3. The maximum Gasteiger partial charge on any atom is 0.268 e. The fourth-order valence-electron chi connectivity index (χ4n) is 3.35. The van der Waals surface area contributed by atoms with E-state index in [0.29, 0.717) is 11.8 Å². The van der Waals surface area contributed by atoms with Gasteiger partial charge in [-0.2, -0.15) is 0 Å². The normalized spacial score (nSPS) is 16.3. The highest BCUT2D eigenvalue weighted by Gasteiger charge is 2.23. The quantitative estimate of drug-likeness (QED) is 0.770. The molecule has 24 heavy (non-hydrogen) atoms. The Morgan fingerprint density at radius 3 is 2.92 bits per heavy atom. The molecule has 1 aliphatic heterocycles. The number of thioether (sulfide) groups is 1. The van der Waals surface area contributed by atoms with Gasteiger partial charge >= 0.3 is 0 Å². The Kier molecular flexibility index (Phi) is 3.85. The lowest BCUT2D eigenvalue weighted by Gasteiger charge is -2.22. The molecule has 0 saturated heterocycles. The molecule has 0 aliphatic carbocycles. The van der Waals surface area contributed by atoms with Crippen LogP contribution >= 0.6 is 11.8 Å². The molecule has 2 aromatic carbocycles. The largest absolute Gasteiger partial charge is 0.347 e. The maximum absolute atomic E-state index is 12.8. The van der Waals surface area contributed by atoms with Crippen molar-refractivity contribution in [2.75, 3.05) is 0 Å². The number of hydrogen-bond acceptors (Lipinski definition) is 2. The van der Waals surface area contributed by atoms with Crippen molar-refractivity contribution in [2.45, 2.75) is 37.1 Å². The molecule has 3 aromatic rings. The minimum atomic E-state index is -0.000460. The van der Waals surface area contributed by atoms with Crippen LogP contribution in [0.5, 0.6) is 0 Å². The first kappa shape index (κ1) is 15.3. The summed E-state index contributed by atoms with van der Waals surface area (Å²) in [6.45, 7) is 5.71. The zero-order valence-electron chi connectivity index (χ0n) is 13.9. The first-order chi connectivity index (χ1) is 11.6. The van der Waals surface area contributed by atoms with E-state index in [9.17, 15) is 4.79 Å². The second-order valence-corrected chi connectivity index (χ2v) is 7.85. The van der Waals surface area contributed by atoms with E-state index in [2.05, 4.69) is 54.1 Å². The number of hydrogen-bond donors (Lipinski definition) is 1. The molecule has 3 nitrogen and oxygen atoms in total. The summed E-state index contributed by atoms with van der Waals surface area (Å²) in [6.07, 6.45) is 0. The molecule has 0 spiro atoms. The summed E-state index contributed by atoms with van der Waals surface area (Å²) in [4.78, 5) is 14.0. The van der Waals surface area contributed by atoms with Crippen molar-refractivity contribution >= 4 is 28.6 Å². The third-order valence-electron chi connectivity index (χ3n) is 4.58. The van der Waals surface area contributed by atoms with Crippen LogP contribution in [0.2, 0.25) is 0 Å². The van der Waals surface area contributed by atoms with E-state index in [-0.39, 0.29) is 5.91 Å². The summed E-state index contributed by atoms with van der Waals surface area (Å²) in [6, 6.07) is 16.5. The van der Waals surface area contributed by atoms with E-state index in [1.165, 1.54) is 16.0 Å². The Morgan fingerprint density at radius 2 is 2.08 bits per heavy atom. The van der Waals surface area contributed by atoms with Crippen molar-refractivity contribution in [2.24, 2.45) is 0 Å². The van der Waals surface area contributed by atoms with Crippen LogP contribution in [0.3, 0.4) is 0 Å². The van der Waals surface area contributed by atoms with Crippen molar-refractivity contribution in [3.63, 3.8) is 0 Å². The zero-order valence-corrected chi connectivity index (χ0v) is 14.7. The molecule has 122 valence electrons. The topological polar surface area (TPSA) is 34.0 Å². The van der Waals surface area contributed by atoms with Gasteiger partial charge in [0.2, 0.25) is 0 Å². The molecule has 4 rings (SSSR count). The molecule has 0 radical (unpaired) electrons. The van der Waals surface area contributed by atoms with E-state index in [1.807, 2.05) is 30.0 Å². The molecule has 0 fully saturated rings. The van der Waals surface area contributed by atoms with E-state index in [0.717, 1.165) is 23.2 Å². The first-order valence-corrected chi connectivity index (χ1v) is 9.13. The van der Waals surface area contributed by atoms with Crippen LogP contribution in [0.4, 0.5) is 0 Å². The molecule has 1 atom stereocenters. The van der Waals surface area contributed by atoms with Gasteiger partial charge in [0, 0.05) is 28.6 Å². The standard InChI is InChI=1S/C20H20N2OS/c1-13-6-3-4-7-16(13)11-21-20(23)17-10-15-8-5-9-18-19(15)22(17)12-14(2)24-18/h3-10,14H,11-12H2,1-2H3,(H,21,23)/t14-/m0/s1. The molecule has 2 heterocycles. The molecular formula is C20H20N2OS. The monoisotopic (exact) mass is 336 g/mol. The van der Waals surface area contributed by atoms with E-state index in [4.69, 9.17) is 0 Å². The molecule has 1 amide bonds. The number of amides is 1. The van der Waals surface area contributed by atoms with Crippen LogP contribution < -0.4 is 5.32 Å². The van der Waals surface area contributed by atoms with Crippen molar-refractivity contribution in [3.8, 4) is 0 Å². The number of para-hydroxylation sites is 1. The number of carbonyl (C=O) groups is 1. The van der Waals surface area contributed by atoms with Gasteiger partial charge in [-0.25, -0.2) is 0 Å². The maximum atomic E-state index is 12.8. The molecule has 1 aromatic heterocycles. The van der Waals surface area contributed by atoms with Gasteiger partial charge in [0.05, 0.1) is 5.52 Å². The number of carbonyl (C=O) groups excluding carboxylic acids is 1. The molecule has 0 bridgehead atoms. The second kappa shape index (κ2) is 6.02. The lowest BCUT2D eigenvalue weighted by Crippen LogP contribution is -2.27. The summed E-state index contributed by atoms with van der Waals surface area (Å²) < 4.78 is 2.18. The summed E-state index contributed by atoms with van der Waals surface area (Å²) in [5.74, 6) is -0.000460. The fourth-order valence-corrected chi connectivity index (χ4v) is 4.50. The lowest BCUT2D eigenvalue weighted by molar-refractivity contribution is 0.0942. The molecule has 4 heteroatoms. The van der Waals surface area contributed by atoms with Crippen molar-refractivity contribution in [1.82, 2.24) is 9.88 Å². The molecule has 0 unspecified atom stereocenters. The number of nitrogens with zero attached hydrogens (tertiary/aromatic N) is 1. The van der Waals surface area contributed by atoms with Gasteiger partial charge in [0.25, 0.3) is 5.91 Å². The SMILES string of the molecule is Cc1ccccc1CNC(=O)c1cc2cccc3c2n1C[C@H](C)S3. The van der Waals surface area contributed by atoms with Crippen LogP contribution in [0, 0.1) is 6.92 Å². The third-order valence-corrected chi connectivity index (χ3v) is 5.72. The molecule has 0 saturated carbocycles. The van der Waals surface area contributed by atoms with Gasteiger partial charge < -0.3 is 9.88 Å². The van der Waals surface area contributed by atoms with Gasteiger partial charge in [0.15, 0.2) is 0 Å². The number of aryl methyl sites for hydroxylation is 1. The summed E-state index contributed by atoms with van der Waals surface area (Å²) in [5, 5.41) is 4.70. The van der Waals surface area contributed by atoms with E-state index >= 15 is 0 Å². The number of benzene rings is 2. The van der Waals surface area contributed by atoms with Gasteiger partial charge in [-0.15, -0.1) is 11.8 Å². The highest BCUT2D eigenvalue weighted by atomic mass is 32.2. The fraction of sp³-hybridized carbons (Fsp3) is 0.250. The van der Waals surface area contributed by atoms with Gasteiger partial charge in [-0.05, 0) is 30.2 Å². The molecule has 1 aliphatic rings. The second-order valence-electron chi connectivity index (χ2n) is 6.37. The van der Waals surface area contributed by atoms with Crippen LogP contribution in [0.15, 0.2) is 53.4 Å². The van der Waals surface area contributed by atoms with E-state index < -0.39 is 0 Å². The Labute approximate surface area is 146 Å². The Balaban J connectivity index is 1.65. The summed E-state index contributed by atoms with van der Waals surface area (Å²) in [5.41, 5.74) is 4.32. The Bertz CT molecular complexity index is 929. The molecular weight excluding hydrogens is 316 g/mol. The average Bonchev–Trinajstić information content (AvgIpc) is 2.94. The molecule has 1 N–H and O–H groups in total. The van der Waals surface area contributed by atoms with Gasteiger partial charge in [-0.1, -0.05) is 43.3 Å². The average molecular weight is 336 g/mol. The minimum Gasteiger partial charge on any atom is -0.347 e. The highest BCUT2D eigenvalue weighted by Crippen LogP contribution is 2.38. The van der Waals surface area contributed by atoms with Crippen molar-refractivity contribution in [3.05, 3.63) is 65.4 Å². The lowest BCUT2D eigenvalue weighted by atomic mass is 10.1. The number of nitrogens with one attached hydrogen (secondary N) is 1. The predicted molar refractivity (Wildman–Crippen MR) is 99.6 cm³/mol. The van der Waals surface area contributed by atoms with Crippen molar-refractivity contribution in [1.29, 1.82) is 0 Å².